The highest BCUT2D eigenvalue weighted by atomic mass is 16.6. The first kappa shape index (κ1) is 14.3. The van der Waals surface area contributed by atoms with Crippen molar-refractivity contribution in [3.8, 4) is 0 Å². The average Bonchev–Trinajstić information content (AvgIpc) is 2.41. The topological polar surface area (TPSA) is 110 Å². The van der Waals surface area contributed by atoms with Gasteiger partial charge in [0, 0.05) is 29.9 Å². The lowest BCUT2D eigenvalue weighted by atomic mass is 9.91. The summed E-state index contributed by atoms with van der Waals surface area (Å²) in [6.07, 6.45) is 3.91. The van der Waals surface area contributed by atoms with Gasteiger partial charge in [0.25, 0.3) is 5.69 Å². The quantitative estimate of drug-likeness (QED) is 0.580. The van der Waals surface area contributed by atoms with E-state index in [1.165, 1.54) is 18.2 Å². The van der Waals surface area contributed by atoms with E-state index in [1.807, 2.05) is 0 Å². The second-order valence-corrected chi connectivity index (χ2v) is 4.96. The smallest absolute Gasteiger partial charge is 0.319 e. The summed E-state index contributed by atoms with van der Waals surface area (Å²) in [6.45, 7) is 0. The Bertz CT molecular complexity index is 506. The monoisotopic (exact) mass is 278 g/mol. The number of rotatable bonds is 3. The number of anilines is 1. The largest absolute Gasteiger partial charge is 0.334 e. The fourth-order valence-electron chi connectivity index (χ4n) is 2.37. The van der Waals surface area contributed by atoms with E-state index in [0.29, 0.717) is 5.69 Å². The molecule has 7 heteroatoms. The Morgan fingerprint density at radius 1 is 1.35 bits per heavy atom. The van der Waals surface area contributed by atoms with Crippen molar-refractivity contribution in [2.45, 2.75) is 37.8 Å². The first-order valence-corrected chi connectivity index (χ1v) is 6.64. The maximum Gasteiger partial charge on any atom is 0.319 e. The zero-order chi connectivity index (χ0) is 14.5. The van der Waals surface area contributed by atoms with Crippen LogP contribution in [0.25, 0.3) is 0 Å². The Balaban J connectivity index is 1.94. The highest BCUT2D eigenvalue weighted by molar-refractivity contribution is 5.89. The molecule has 7 nitrogen and oxygen atoms in total. The molecule has 0 aliphatic heterocycles. The van der Waals surface area contributed by atoms with Gasteiger partial charge in [0.15, 0.2) is 0 Å². The van der Waals surface area contributed by atoms with Gasteiger partial charge in [-0.15, -0.1) is 0 Å². The molecule has 1 saturated carbocycles. The fourth-order valence-corrected chi connectivity index (χ4v) is 2.37. The van der Waals surface area contributed by atoms with E-state index in [0.717, 1.165) is 25.7 Å². The summed E-state index contributed by atoms with van der Waals surface area (Å²) in [7, 11) is 0. The van der Waals surface area contributed by atoms with E-state index in [4.69, 9.17) is 5.73 Å². The minimum atomic E-state index is -0.500. The summed E-state index contributed by atoms with van der Waals surface area (Å²) in [5.41, 5.74) is 6.28. The molecule has 4 N–H and O–H groups in total. The minimum absolute atomic E-state index is 0.0281. The predicted molar refractivity (Wildman–Crippen MR) is 75.5 cm³/mol. The molecule has 1 aromatic carbocycles. The van der Waals surface area contributed by atoms with Gasteiger partial charge in [-0.25, -0.2) is 4.79 Å². The van der Waals surface area contributed by atoms with Gasteiger partial charge in [-0.3, -0.25) is 10.1 Å². The number of nitrogens with zero attached hydrogens (tertiary/aromatic N) is 1. The van der Waals surface area contributed by atoms with E-state index in [-0.39, 0.29) is 23.8 Å². The Hall–Kier alpha value is -2.15. The normalized spacial score (nSPS) is 22.1. The van der Waals surface area contributed by atoms with E-state index in [2.05, 4.69) is 10.6 Å². The Kier molecular flexibility index (Phi) is 4.52. The van der Waals surface area contributed by atoms with Crippen LogP contribution in [0.15, 0.2) is 24.3 Å². The van der Waals surface area contributed by atoms with E-state index in [1.54, 1.807) is 6.07 Å². The number of benzene rings is 1. The third-order valence-corrected chi connectivity index (χ3v) is 3.45. The van der Waals surface area contributed by atoms with Crippen LogP contribution in [0.3, 0.4) is 0 Å². The van der Waals surface area contributed by atoms with Crippen molar-refractivity contribution >= 4 is 17.4 Å². The van der Waals surface area contributed by atoms with Crippen molar-refractivity contribution < 1.29 is 9.72 Å². The van der Waals surface area contributed by atoms with Crippen LogP contribution < -0.4 is 16.4 Å². The number of nitrogens with one attached hydrogen (secondary N) is 2. The fraction of sp³-hybridized carbons (Fsp3) is 0.462. The summed E-state index contributed by atoms with van der Waals surface area (Å²) in [6, 6.07) is 5.38. The molecule has 2 atom stereocenters. The van der Waals surface area contributed by atoms with E-state index < -0.39 is 4.92 Å². The summed E-state index contributed by atoms with van der Waals surface area (Å²) in [4.78, 5) is 22.0. The zero-order valence-electron chi connectivity index (χ0n) is 11.0. The maximum absolute atomic E-state index is 11.9. The van der Waals surface area contributed by atoms with Crippen LogP contribution in [0, 0.1) is 10.1 Å². The molecule has 108 valence electrons. The number of hydrogen-bond acceptors (Lipinski definition) is 4. The van der Waals surface area contributed by atoms with Crippen LogP contribution in [-0.2, 0) is 0 Å². The van der Waals surface area contributed by atoms with Crippen LogP contribution in [0.5, 0.6) is 0 Å². The van der Waals surface area contributed by atoms with Gasteiger partial charge in [0.05, 0.1) is 4.92 Å². The van der Waals surface area contributed by atoms with Crippen molar-refractivity contribution in [1.29, 1.82) is 0 Å². The van der Waals surface area contributed by atoms with Crippen molar-refractivity contribution in [2.24, 2.45) is 5.73 Å². The van der Waals surface area contributed by atoms with Crippen LogP contribution in [0.4, 0.5) is 16.2 Å². The number of nitro benzene ring substituents is 1. The molecule has 1 aliphatic carbocycles. The average molecular weight is 278 g/mol. The summed E-state index contributed by atoms with van der Waals surface area (Å²) < 4.78 is 0. The first-order valence-electron chi connectivity index (χ1n) is 6.64. The maximum atomic E-state index is 11.9. The number of hydrogen-bond donors (Lipinski definition) is 3. The molecule has 1 aromatic rings. The SMILES string of the molecule is N[C@@H]1CCCC[C@H]1NC(=O)Nc1cccc([N+](=O)[O-])c1. The Labute approximate surface area is 116 Å². The predicted octanol–water partition coefficient (Wildman–Crippen LogP) is 1.99. The lowest BCUT2D eigenvalue weighted by Crippen LogP contribution is -2.50. The molecule has 2 amide bonds. The van der Waals surface area contributed by atoms with Gasteiger partial charge in [0.1, 0.15) is 0 Å². The number of amides is 2. The summed E-state index contributed by atoms with van der Waals surface area (Å²) in [5.74, 6) is 0. The van der Waals surface area contributed by atoms with Crippen LogP contribution in [0.2, 0.25) is 0 Å². The van der Waals surface area contributed by atoms with Crippen molar-refractivity contribution in [3.05, 3.63) is 34.4 Å². The van der Waals surface area contributed by atoms with Gasteiger partial charge in [-0.2, -0.15) is 0 Å². The Morgan fingerprint density at radius 2 is 2.10 bits per heavy atom. The van der Waals surface area contributed by atoms with E-state index in [9.17, 15) is 14.9 Å². The first-order chi connectivity index (χ1) is 9.56. The highest BCUT2D eigenvalue weighted by Gasteiger charge is 2.23. The molecule has 0 heterocycles. The molecule has 1 fully saturated rings. The molecule has 0 saturated heterocycles. The number of nitrogens with two attached hydrogens (primary N) is 1. The zero-order valence-corrected chi connectivity index (χ0v) is 11.0. The van der Waals surface area contributed by atoms with Crippen LogP contribution in [-0.4, -0.2) is 23.0 Å². The summed E-state index contributed by atoms with van der Waals surface area (Å²) >= 11 is 0. The molecule has 0 radical (unpaired) electrons. The standard InChI is InChI=1S/C13H18N4O3/c14-11-6-1-2-7-12(11)16-13(18)15-9-4-3-5-10(8-9)17(19)20/h3-5,8,11-12H,1-2,6-7,14H2,(H2,15,16,18)/t11-,12-/m1/s1. The molecule has 2 rings (SSSR count). The molecule has 1 aliphatic rings. The molecule has 0 unspecified atom stereocenters. The van der Waals surface area contributed by atoms with Crippen LogP contribution in [0.1, 0.15) is 25.7 Å². The molecule has 0 aromatic heterocycles. The third kappa shape index (κ3) is 3.67. The molecule has 0 spiro atoms. The third-order valence-electron chi connectivity index (χ3n) is 3.45. The van der Waals surface area contributed by atoms with Gasteiger partial charge in [-0.1, -0.05) is 18.9 Å². The number of carbonyl (C=O) groups excluding carboxylic acids is 1. The summed E-state index contributed by atoms with van der Waals surface area (Å²) in [5, 5.41) is 16.1. The molecule has 20 heavy (non-hydrogen) atoms. The van der Waals surface area contributed by atoms with Gasteiger partial charge < -0.3 is 16.4 Å². The minimum Gasteiger partial charge on any atom is -0.334 e. The Morgan fingerprint density at radius 3 is 2.80 bits per heavy atom. The van der Waals surface area contributed by atoms with Gasteiger partial charge in [0.2, 0.25) is 0 Å². The second kappa shape index (κ2) is 6.33. The number of carbonyl (C=O) groups is 1. The lowest BCUT2D eigenvalue weighted by Gasteiger charge is -2.29. The number of urea groups is 1. The molecular formula is C13H18N4O3. The number of non-ortho nitro benzene ring substituents is 1. The molecular weight excluding hydrogens is 260 g/mol. The number of nitro groups is 1. The van der Waals surface area contributed by atoms with Gasteiger partial charge >= 0.3 is 6.03 Å². The van der Waals surface area contributed by atoms with E-state index >= 15 is 0 Å². The lowest BCUT2D eigenvalue weighted by molar-refractivity contribution is -0.384. The van der Waals surface area contributed by atoms with Gasteiger partial charge in [-0.05, 0) is 18.9 Å². The second-order valence-electron chi connectivity index (χ2n) is 4.96. The van der Waals surface area contributed by atoms with Crippen molar-refractivity contribution in [3.63, 3.8) is 0 Å². The highest BCUT2D eigenvalue weighted by Crippen LogP contribution is 2.18. The van der Waals surface area contributed by atoms with Crippen LogP contribution >= 0.6 is 0 Å². The van der Waals surface area contributed by atoms with Crippen molar-refractivity contribution in [2.75, 3.05) is 5.32 Å². The molecule has 0 bridgehead atoms. The van der Waals surface area contributed by atoms with Crippen molar-refractivity contribution in [1.82, 2.24) is 5.32 Å².